The average molecular weight is 500 g/mol. The van der Waals surface area contributed by atoms with Crippen LogP contribution in [0, 0.1) is 23.7 Å². The predicted molar refractivity (Wildman–Crippen MR) is 118 cm³/mol. The third kappa shape index (κ3) is 3.51. The van der Waals surface area contributed by atoms with Gasteiger partial charge in [0.2, 0.25) is 0 Å². The predicted octanol–water partition coefficient (Wildman–Crippen LogP) is 4.46. The van der Waals surface area contributed by atoms with E-state index in [1.807, 2.05) is 12.2 Å². The van der Waals surface area contributed by atoms with Gasteiger partial charge < -0.3 is 4.74 Å². The van der Waals surface area contributed by atoms with Gasteiger partial charge in [-0.3, -0.25) is 9.59 Å². The van der Waals surface area contributed by atoms with E-state index in [9.17, 15) is 14.4 Å². The van der Waals surface area contributed by atoms with Crippen molar-refractivity contribution in [2.24, 2.45) is 28.8 Å². The van der Waals surface area contributed by atoms with Crippen LogP contribution in [0.25, 0.3) is 0 Å². The summed E-state index contributed by atoms with van der Waals surface area (Å²) in [6.07, 6.45) is 6.25. The Kier molecular flexibility index (Phi) is 5.02. The van der Waals surface area contributed by atoms with E-state index < -0.39 is 5.97 Å². The van der Waals surface area contributed by atoms with E-state index in [0.29, 0.717) is 16.1 Å². The third-order valence-corrected chi connectivity index (χ3v) is 6.78. The maximum atomic E-state index is 12.8. The van der Waals surface area contributed by atoms with E-state index >= 15 is 0 Å². The number of esters is 1. The zero-order valence-corrected chi connectivity index (χ0v) is 18.4. The van der Waals surface area contributed by atoms with Crippen molar-refractivity contribution in [3.63, 3.8) is 0 Å². The van der Waals surface area contributed by atoms with Crippen LogP contribution in [0.5, 0.6) is 5.75 Å². The molecule has 2 fully saturated rings. The van der Waals surface area contributed by atoms with Gasteiger partial charge in [-0.25, -0.2) is 4.79 Å². The highest BCUT2D eigenvalue weighted by molar-refractivity contribution is 9.10. The minimum atomic E-state index is -0.546. The highest BCUT2D eigenvalue weighted by Gasteiger charge is 2.59. The molecule has 1 saturated carbocycles. The molecule has 5 rings (SSSR count). The molecular formula is C23H16BrClN2O4. The van der Waals surface area contributed by atoms with Crippen LogP contribution in [-0.2, 0) is 9.59 Å². The molecule has 31 heavy (non-hydrogen) atoms. The molecule has 1 aliphatic heterocycles. The van der Waals surface area contributed by atoms with Gasteiger partial charge in [0.15, 0.2) is 0 Å². The molecule has 6 nitrogen and oxygen atoms in total. The van der Waals surface area contributed by atoms with E-state index in [-0.39, 0.29) is 41.2 Å². The molecule has 1 saturated heterocycles. The number of rotatable bonds is 4. The molecule has 1 heterocycles. The summed E-state index contributed by atoms with van der Waals surface area (Å²) in [5.74, 6) is -1.31. The van der Waals surface area contributed by atoms with Gasteiger partial charge in [-0.15, -0.1) is 0 Å². The number of allylic oxidation sites excluding steroid dienone is 2. The second-order valence-electron chi connectivity index (χ2n) is 7.81. The van der Waals surface area contributed by atoms with Gasteiger partial charge in [0.05, 0.1) is 23.6 Å². The molecule has 0 aromatic heterocycles. The van der Waals surface area contributed by atoms with Crippen LogP contribution in [0.15, 0.2) is 64.2 Å². The molecule has 0 radical (unpaired) electrons. The van der Waals surface area contributed by atoms with Gasteiger partial charge in [0.1, 0.15) is 5.75 Å². The molecule has 4 unspecified atom stereocenters. The molecule has 3 aliphatic rings. The second kappa shape index (κ2) is 7.73. The van der Waals surface area contributed by atoms with E-state index in [2.05, 4.69) is 21.0 Å². The second-order valence-corrected chi connectivity index (χ2v) is 9.16. The van der Waals surface area contributed by atoms with Crippen LogP contribution in [0.4, 0.5) is 0 Å². The number of amides is 2. The quantitative estimate of drug-likeness (QED) is 0.205. The maximum absolute atomic E-state index is 12.8. The highest BCUT2D eigenvalue weighted by atomic mass is 79.9. The number of benzene rings is 2. The summed E-state index contributed by atoms with van der Waals surface area (Å²) in [4.78, 5) is 38.1. The molecule has 2 aromatic rings. The lowest BCUT2D eigenvalue weighted by molar-refractivity contribution is -0.140. The minimum absolute atomic E-state index is 0.111. The number of nitrogens with zero attached hydrogens (tertiary/aromatic N) is 2. The van der Waals surface area contributed by atoms with Crippen LogP contribution in [0.1, 0.15) is 22.3 Å². The summed E-state index contributed by atoms with van der Waals surface area (Å²) >= 11 is 9.43. The monoisotopic (exact) mass is 498 g/mol. The fraction of sp³-hybridized carbons (Fsp3) is 0.217. The van der Waals surface area contributed by atoms with Gasteiger partial charge in [0.25, 0.3) is 11.8 Å². The van der Waals surface area contributed by atoms with Crippen LogP contribution < -0.4 is 4.74 Å². The van der Waals surface area contributed by atoms with Gasteiger partial charge in [0, 0.05) is 15.1 Å². The summed E-state index contributed by atoms with van der Waals surface area (Å²) in [6.45, 7) is 0. The van der Waals surface area contributed by atoms with Crippen molar-refractivity contribution < 1.29 is 19.1 Å². The molecule has 0 N–H and O–H groups in total. The Hall–Kier alpha value is -2.77. The van der Waals surface area contributed by atoms with Gasteiger partial charge in [-0.2, -0.15) is 10.1 Å². The zero-order chi connectivity index (χ0) is 21.7. The lowest BCUT2D eigenvalue weighted by atomic mass is 9.85. The molecule has 8 heteroatoms. The van der Waals surface area contributed by atoms with Crippen molar-refractivity contribution in [1.29, 1.82) is 0 Å². The molecule has 156 valence electrons. The van der Waals surface area contributed by atoms with Crippen molar-refractivity contribution >= 4 is 51.5 Å². The summed E-state index contributed by atoms with van der Waals surface area (Å²) in [5.41, 5.74) is 0.762. The van der Waals surface area contributed by atoms with Crippen molar-refractivity contribution in [3.8, 4) is 5.75 Å². The van der Waals surface area contributed by atoms with E-state index in [1.165, 1.54) is 6.21 Å². The number of imide groups is 1. The Morgan fingerprint density at radius 3 is 2.35 bits per heavy atom. The number of hydrogen-bond donors (Lipinski definition) is 0. The SMILES string of the molecule is O=C(Oc1ccc(Cl)cc1C=NN1C(=O)C2C3C=CC(C3)C2C1=O)c1ccc(Br)cc1. The molecule has 4 atom stereocenters. The van der Waals surface area contributed by atoms with Crippen molar-refractivity contribution in [3.05, 3.63) is 75.2 Å². The molecule has 2 aromatic carbocycles. The molecule has 2 amide bonds. The first kappa shape index (κ1) is 20.2. The normalized spacial score (nSPS) is 26.2. The van der Waals surface area contributed by atoms with Crippen LogP contribution >= 0.6 is 27.5 Å². The van der Waals surface area contributed by atoms with Gasteiger partial charge in [-0.05, 0) is 60.7 Å². The Bertz CT molecular complexity index is 1130. The van der Waals surface area contributed by atoms with E-state index in [1.54, 1.807) is 42.5 Å². The molecule has 2 bridgehead atoms. The number of halogens is 2. The Morgan fingerprint density at radius 2 is 1.71 bits per heavy atom. The fourth-order valence-electron chi connectivity index (χ4n) is 4.58. The van der Waals surface area contributed by atoms with Gasteiger partial charge in [-0.1, -0.05) is 39.7 Å². The number of fused-ring (bicyclic) bond motifs is 5. The molecule has 0 spiro atoms. The van der Waals surface area contributed by atoms with Gasteiger partial charge >= 0.3 is 5.97 Å². The summed E-state index contributed by atoms with van der Waals surface area (Å²) in [6, 6.07) is 11.5. The zero-order valence-electron chi connectivity index (χ0n) is 16.1. The largest absolute Gasteiger partial charge is 0.422 e. The summed E-state index contributed by atoms with van der Waals surface area (Å²) in [5, 5.41) is 5.51. The fourth-order valence-corrected chi connectivity index (χ4v) is 5.02. The van der Waals surface area contributed by atoms with Crippen LogP contribution in [0.3, 0.4) is 0 Å². The highest BCUT2D eigenvalue weighted by Crippen LogP contribution is 2.52. The van der Waals surface area contributed by atoms with Crippen molar-refractivity contribution in [2.45, 2.75) is 6.42 Å². The first-order valence-corrected chi connectivity index (χ1v) is 11.0. The number of ether oxygens (including phenoxy) is 1. The Balaban J connectivity index is 1.38. The Morgan fingerprint density at radius 1 is 1.06 bits per heavy atom. The topological polar surface area (TPSA) is 76.0 Å². The first-order chi connectivity index (χ1) is 14.9. The molecular weight excluding hydrogens is 484 g/mol. The number of hydrogen-bond acceptors (Lipinski definition) is 5. The summed E-state index contributed by atoms with van der Waals surface area (Å²) in [7, 11) is 0. The van der Waals surface area contributed by atoms with Crippen LogP contribution in [-0.4, -0.2) is 29.0 Å². The number of carbonyl (C=O) groups is 3. The van der Waals surface area contributed by atoms with E-state index in [0.717, 1.165) is 15.9 Å². The minimum Gasteiger partial charge on any atom is -0.422 e. The first-order valence-electron chi connectivity index (χ1n) is 9.80. The third-order valence-electron chi connectivity index (χ3n) is 6.01. The average Bonchev–Trinajstić information content (AvgIpc) is 3.43. The number of hydrazone groups is 1. The molecule has 2 aliphatic carbocycles. The standard InChI is InChI=1S/C23H16BrClN2O4/c24-16-5-3-12(4-6-16)23(30)31-18-8-7-17(25)10-15(18)11-26-27-21(28)19-13-1-2-14(9-13)20(19)22(27)29/h1-8,10-11,13-14,19-20H,9H2. The van der Waals surface area contributed by atoms with Crippen molar-refractivity contribution in [1.82, 2.24) is 5.01 Å². The van der Waals surface area contributed by atoms with Crippen LogP contribution in [0.2, 0.25) is 5.02 Å². The smallest absolute Gasteiger partial charge is 0.343 e. The Labute approximate surface area is 191 Å². The lowest BCUT2D eigenvalue weighted by Crippen LogP contribution is -2.28. The maximum Gasteiger partial charge on any atom is 0.343 e. The number of carbonyl (C=O) groups excluding carboxylic acids is 3. The van der Waals surface area contributed by atoms with E-state index in [4.69, 9.17) is 16.3 Å². The summed E-state index contributed by atoms with van der Waals surface area (Å²) < 4.78 is 6.36. The van der Waals surface area contributed by atoms with Crippen molar-refractivity contribution in [2.75, 3.05) is 0 Å². The lowest BCUT2D eigenvalue weighted by Gasteiger charge is -2.13.